The molecule has 0 saturated heterocycles. The van der Waals surface area contributed by atoms with Crippen LogP contribution in [0.5, 0.6) is 0 Å². The summed E-state index contributed by atoms with van der Waals surface area (Å²) in [6, 6.07) is 11.7. The lowest BCUT2D eigenvalue weighted by molar-refractivity contribution is 0.0999. The first-order valence-corrected chi connectivity index (χ1v) is 6.02. The number of carbonyl (C=O) groups is 1. The number of amides is 1. The maximum atomic E-state index is 11.3. The zero-order chi connectivity index (χ0) is 13.0. The first-order valence-electron chi connectivity index (χ1n) is 6.02. The van der Waals surface area contributed by atoms with Gasteiger partial charge in [0.05, 0.1) is 11.3 Å². The molecule has 3 heteroatoms. The van der Waals surface area contributed by atoms with Crippen LogP contribution in [-0.4, -0.2) is 10.9 Å². The summed E-state index contributed by atoms with van der Waals surface area (Å²) in [5.74, 6) is -0.426. The largest absolute Gasteiger partial charge is 0.366 e. The highest BCUT2D eigenvalue weighted by Gasteiger charge is 2.09. The number of aryl methyl sites for hydroxylation is 1. The first kappa shape index (κ1) is 12.3. The number of carbonyl (C=O) groups excluding carboxylic acids is 1. The molecule has 2 N–H and O–H groups in total. The molecule has 0 atom stereocenters. The van der Waals surface area contributed by atoms with Crippen molar-refractivity contribution in [1.29, 1.82) is 0 Å². The Morgan fingerprint density at radius 2 is 2.00 bits per heavy atom. The Bertz CT molecular complexity index is 564. The number of pyridine rings is 1. The number of benzene rings is 1. The summed E-state index contributed by atoms with van der Waals surface area (Å²) in [7, 11) is 0. The second-order valence-corrected chi connectivity index (χ2v) is 4.21. The lowest BCUT2D eigenvalue weighted by atomic mass is 10.0. The highest BCUT2D eigenvalue weighted by Crippen LogP contribution is 2.13. The third-order valence-electron chi connectivity index (χ3n) is 2.93. The lowest BCUT2D eigenvalue weighted by Gasteiger charge is -2.06. The summed E-state index contributed by atoms with van der Waals surface area (Å²) in [4.78, 5) is 15.6. The van der Waals surface area contributed by atoms with Gasteiger partial charge in [-0.15, -0.1) is 0 Å². The summed E-state index contributed by atoms with van der Waals surface area (Å²) >= 11 is 0. The summed E-state index contributed by atoms with van der Waals surface area (Å²) in [5, 5.41) is 0. The molecule has 1 aromatic carbocycles. The monoisotopic (exact) mass is 240 g/mol. The summed E-state index contributed by atoms with van der Waals surface area (Å²) in [6.07, 6.45) is 3.32. The van der Waals surface area contributed by atoms with Crippen LogP contribution in [0.15, 0.2) is 42.6 Å². The summed E-state index contributed by atoms with van der Waals surface area (Å²) in [5.41, 5.74) is 9.01. The highest BCUT2D eigenvalue weighted by atomic mass is 16.1. The molecule has 0 bridgehead atoms. The summed E-state index contributed by atoms with van der Waals surface area (Å²) in [6.45, 7) is 2.12. The standard InChI is InChI=1S/C15H16N2O/c1-2-11-5-3-6-12(9-11)10-14-13(15(16)18)7-4-8-17-14/h3-9H,2,10H2,1H3,(H2,16,18). The van der Waals surface area contributed by atoms with Crippen molar-refractivity contribution in [2.75, 3.05) is 0 Å². The number of hydrogen-bond acceptors (Lipinski definition) is 2. The number of hydrogen-bond donors (Lipinski definition) is 1. The smallest absolute Gasteiger partial charge is 0.250 e. The van der Waals surface area contributed by atoms with Crippen LogP contribution in [0.4, 0.5) is 0 Å². The van der Waals surface area contributed by atoms with E-state index in [1.165, 1.54) is 5.56 Å². The Labute approximate surface area is 107 Å². The molecule has 0 aliphatic heterocycles. The van der Waals surface area contributed by atoms with Gasteiger partial charge in [0.25, 0.3) is 5.91 Å². The molecule has 0 aliphatic rings. The molecular weight excluding hydrogens is 224 g/mol. The molecule has 0 fully saturated rings. The van der Waals surface area contributed by atoms with E-state index in [0.29, 0.717) is 12.0 Å². The van der Waals surface area contributed by atoms with Gasteiger partial charge in [-0.3, -0.25) is 9.78 Å². The molecule has 2 rings (SSSR count). The van der Waals surface area contributed by atoms with Crippen LogP contribution >= 0.6 is 0 Å². The SMILES string of the molecule is CCc1cccc(Cc2ncccc2C(N)=O)c1. The Kier molecular flexibility index (Phi) is 3.72. The van der Waals surface area contributed by atoms with Gasteiger partial charge < -0.3 is 5.73 Å². The molecule has 0 saturated carbocycles. The van der Waals surface area contributed by atoms with E-state index in [-0.39, 0.29) is 0 Å². The van der Waals surface area contributed by atoms with Crippen LogP contribution < -0.4 is 5.73 Å². The minimum Gasteiger partial charge on any atom is -0.366 e. The van der Waals surface area contributed by atoms with Crippen molar-refractivity contribution in [3.8, 4) is 0 Å². The molecule has 1 aromatic heterocycles. The van der Waals surface area contributed by atoms with E-state index in [4.69, 9.17) is 5.73 Å². The molecule has 1 heterocycles. The van der Waals surface area contributed by atoms with Gasteiger partial charge in [0, 0.05) is 12.6 Å². The van der Waals surface area contributed by atoms with Crippen LogP contribution in [0.25, 0.3) is 0 Å². The fraction of sp³-hybridized carbons (Fsp3) is 0.200. The maximum absolute atomic E-state index is 11.3. The van der Waals surface area contributed by atoms with Gasteiger partial charge >= 0.3 is 0 Å². The highest BCUT2D eigenvalue weighted by molar-refractivity contribution is 5.93. The van der Waals surface area contributed by atoms with Crippen molar-refractivity contribution < 1.29 is 4.79 Å². The topological polar surface area (TPSA) is 56.0 Å². The molecule has 92 valence electrons. The van der Waals surface area contributed by atoms with Crippen molar-refractivity contribution in [2.45, 2.75) is 19.8 Å². The van der Waals surface area contributed by atoms with Crippen LogP contribution in [0.1, 0.15) is 34.1 Å². The number of primary amides is 1. The normalized spacial score (nSPS) is 10.3. The van der Waals surface area contributed by atoms with Gasteiger partial charge in [0.1, 0.15) is 0 Å². The van der Waals surface area contributed by atoms with Crippen molar-refractivity contribution in [3.63, 3.8) is 0 Å². The van der Waals surface area contributed by atoms with E-state index in [9.17, 15) is 4.79 Å². The molecule has 0 radical (unpaired) electrons. The Hall–Kier alpha value is -2.16. The number of rotatable bonds is 4. The summed E-state index contributed by atoms with van der Waals surface area (Å²) < 4.78 is 0. The van der Waals surface area contributed by atoms with Gasteiger partial charge in [-0.1, -0.05) is 31.2 Å². The van der Waals surface area contributed by atoms with Gasteiger partial charge in [-0.05, 0) is 29.7 Å². The van der Waals surface area contributed by atoms with Gasteiger partial charge in [0.2, 0.25) is 0 Å². The second-order valence-electron chi connectivity index (χ2n) is 4.21. The van der Waals surface area contributed by atoms with E-state index in [2.05, 4.69) is 24.0 Å². The fourth-order valence-electron chi connectivity index (χ4n) is 1.96. The molecule has 18 heavy (non-hydrogen) atoms. The van der Waals surface area contributed by atoms with Crippen molar-refractivity contribution in [1.82, 2.24) is 4.98 Å². The van der Waals surface area contributed by atoms with Crippen LogP contribution in [0, 0.1) is 0 Å². The van der Waals surface area contributed by atoms with E-state index in [1.54, 1.807) is 18.3 Å². The third kappa shape index (κ3) is 2.74. The van der Waals surface area contributed by atoms with Gasteiger partial charge in [-0.2, -0.15) is 0 Å². The zero-order valence-electron chi connectivity index (χ0n) is 10.4. The third-order valence-corrected chi connectivity index (χ3v) is 2.93. The van der Waals surface area contributed by atoms with Gasteiger partial charge in [0.15, 0.2) is 0 Å². The van der Waals surface area contributed by atoms with E-state index >= 15 is 0 Å². The van der Waals surface area contributed by atoms with Crippen LogP contribution in [-0.2, 0) is 12.8 Å². The predicted molar refractivity (Wildman–Crippen MR) is 71.4 cm³/mol. The Balaban J connectivity index is 2.31. The number of aromatic nitrogens is 1. The van der Waals surface area contributed by atoms with E-state index in [0.717, 1.165) is 17.7 Å². The average Bonchev–Trinajstić information content (AvgIpc) is 2.39. The van der Waals surface area contributed by atoms with Crippen LogP contribution in [0.2, 0.25) is 0 Å². The number of nitrogens with zero attached hydrogens (tertiary/aromatic N) is 1. The zero-order valence-corrected chi connectivity index (χ0v) is 10.4. The molecule has 1 amide bonds. The quantitative estimate of drug-likeness (QED) is 0.891. The second kappa shape index (κ2) is 5.45. The molecule has 2 aromatic rings. The Morgan fingerprint density at radius 3 is 2.72 bits per heavy atom. The minimum absolute atomic E-state index is 0.426. The number of nitrogens with two attached hydrogens (primary N) is 1. The average molecular weight is 240 g/mol. The van der Waals surface area contributed by atoms with Crippen LogP contribution in [0.3, 0.4) is 0 Å². The van der Waals surface area contributed by atoms with E-state index in [1.807, 2.05) is 12.1 Å². The maximum Gasteiger partial charge on any atom is 0.250 e. The minimum atomic E-state index is -0.426. The molecule has 0 unspecified atom stereocenters. The van der Waals surface area contributed by atoms with Crippen molar-refractivity contribution in [3.05, 3.63) is 65.0 Å². The predicted octanol–water partition coefficient (Wildman–Crippen LogP) is 2.33. The Morgan fingerprint density at radius 1 is 1.22 bits per heavy atom. The van der Waals surface area contributed by atoms with Gasteiger partial charge in [-0.25, -0.2) is 0 Å². The first-order chi connectivity index (χ1) is 8.70. The molecular formula is C15H16N2O. The van der Waals surface area contributed by atoms with Crippen molar-refractivity contribution >= 4 is 5.91 Å². The molecule has 0 aliphatic carbocycles. The molecule has 3 nitrogen and oxygen atoms in total. The van der Waals surface area contributed by atoms with Crippen molar-refractivity contribution in [2.24, 2.45) is 5.73 Å². The van der Waals surface area contributed by atoms with E-state index < -0.39 is 5.91 Å². The lowest BCUT2D eigenvalue weighted by Crippen LogP contribution is -2.14. The molecule has 0 spiro atoms. The fourth-order valence-corrected chi connectivity index (χ4v) is 1.96.